The van der Waals surface area contributed by atoms with Crippen molar-refractivity contribution in [1.82, 2.24) is 9.62 Å². The Morgan fingerprint density at radius 2 is 2.00 bits per heavy atom. The number of hydrogen-bond acceptors (Lipinski definition) is 4. The largest absolute Gasteiger partial charge is 0.303 e. The Morgan fingerprint density at radius 1 is 1.21 bits per heavy atom. The third kappa shape index (κ3) is 4.87. The second-order valence-corrected chi connectivity index (χ2v) is 7.88. The second kappa shape index (κ2) is 7.38. The van der Waals surface area contributed by atoms with Crippen molar-refractivity contribution in [2.45, 2.75) is 36.3 Å². The highest BCUT2D eigenvalue weighted by molar-refractivity contribution is 7.91. The maximum atomic E-state index is 11.8. The molecule has 0 aromatic carbocycles. The van der Waals surface area contributed by atoms with Crippen LogP contribution in [0.2, 0.25) is 0 Å². The van der Waals surface area contributed by atoms with Crippen molar-refractivity contribution in [3.05, 3.63) is 17.5 Å². The minimum Gasteiger partial charge on any atom is -0.303 e. The van der Waals surface area contributed by atoms with E-state index in [0.717, 1.165) is 19.4 Å². The highest BCUT2D eigenvalue weighted by atomic mass is 32.2. The van der Waals surface area contributed by atoms with Gasteiger partial charge in [-0.15, -0.1) is 11.3 Å². The Bertz CT molecular complexity index is 451. The molecule has 108 valence electrons. The average molecular weight is 302 g/mol. The Balaban J connectivity index is 1.61. The van der Waals surface area contributed by atoms with Crippen molar-refractivity contribution < 1.29 is 8.42 Å². The number of piperidine rings is 1. The average Bonchev–Trinajstić information content (AvgIpc) is 2.94. The van der Waals surface area contributed by atoms with E-state index in [1.165, 1.54) is 43.7 Å². The first-order valence-electron chi connectivity index (χ1n) is 6.94. The van der Waals surface area contributed by atoms with Crippen LogP contribution in [0.3, 0.4) is 0 Å². The highest BCUT2D eigenvalue weighted by Gasteiger charge is 2.14. The molecule has 6 heteroatoms. The number of nitrogens with one attached hydrogen (secondary N) is 1. The van der Waals surface area contributed by atoms with E-state index in [-0.39, 0.29) is 0 Å². The molecule has 4 nitrogen and oxygen atoms in total. The summed E-state index contributed by atoms with van der Waals surface area (Å²) in [6.07, 6.45) is 5.95. The van der Waals surface area contributed by atoms with E-state index < -0.39 is 10.0 Å². The van der Waals surface area contributed by atoms with Gasteiger partial charge in [0, 0.05) is 6.54 Å². The fourth-order valence-electron chi connectivity index (χ4n) is 2.34. The van der Waals surface area contributed by atoms with Gasteiger partial charge in [0.2, 0.25) is 10.0 Å². The molecule has 1 aromatic heterocycles. The van der Waals surface area contributed by atoms with Gasteiger partial charge in [-0.25, -0.2) is 13.1 Å². The summed E-state index contributed by atoms with van der Waals surface area (Å²) in [6.45, 7) is 4.05. The maximum Gasteiger partial charge on any atom is 0.250 e. The lowest BCUT2D eigenvalue weighted by Gasteiger charge is -2.26. The number of hydrogen-bond donors (Lipinski definition) is 1. The summed E-state index contributed by atoms with van der Waals surface area (Å²) >= 11 is 1.26. The molecule has 1 saturated heterocycles. The van der Waals surface area contributed by atoms with Gasteiger partial charge in [0.25, 0.3) is 0 Å². The van der Waals surface area contributed by atoms with Crippen LogP contribution in [0.1, 0.15) is 32.1 Å². The van der Waals surface area contributed by atoms with E-state index in [1.54, 1.807) is 17.5 Å². The molecule has 19 heavy (non-hydrogen) atoms. The van der Waals surface area contributed by atoms with E-state index in [2.05, 4.69) is 9.62 Å². The van der Waals surface area contributed by atoms with Crippen molar-refractivity contribution >= 4 is 21.4 Å². The molecule has 1 aliphatic heterocycles. The second-order valence-electron chi connectivity index (χ2n) is 4.94. The molecule has 0 radical (unpaired) electrons. The molecule has 1 aromatic rings. The summed E-state index contributed by atoms with van der Waals surface area (Å²) in [5, 5.41) is 1.78. The quantitative estimate of drug-likeness (QED) is 0.786. The van der Waals surface area contributed by atoms with Gasteiger partial charge in [-0.05, 0) is 56.8 Å². The Labute approximate surface area is 119 Å². The molecule has 0 unspecified atom stereocenters. The van der Waals surface area contributed by atoms with Crippen LogP contribution in [0.5, 0.6) is 0 Å². The number of thiophene rings is 1. The molecule has 2 rings (SSSR count). The lowest BCUT2D eigenvalue weighted by Crippen LogP contribution is -2.31. The number of likely N-dealkylation sites (tertiary alicyclic amines) is 1. The molecular formula is C13H22N2O2S2. The maximum absolute atomic E-state index is 11.8. The van der Waals surface area contributed by atoms with E-state index >= 15 is 0 Å². The first-order valence-corrected chi connectivity index (χ1v) is 9.30. The first kappa shape index (κ1) is 15.0. The number of unbranched alkanes of at least 4 members (excludes halogenated alkanes) is 1. The highest BCUT2D eigenvalue weighted by Crippen LogP contribution is 2.15. The Kier molecular flexibility index (Phi) is 5.81. The van der Waals surface area contributed by atoms with Crippen LogP contribution in [0.15, 0.2) is 21.7 Å². The molecule has 2 heterocycles. The van der Waals surface area contributed by atoms with Gasteiger partial charge in [0.15, 0.2) is 0 Å². The first-order chi connectivity index (χ1) is 9.18. The smallest absolute Gasteiger partial charge is 0.250 e. The molecule has 0 aliphatic carbocycles. The zero-order chi connectivity index (χ0) is 13.6. The van der Waals surface area contributed by atoms with E-state index in [1.807, 2.05) is 0 Å². The number of nitrogens with zero attached hydrogens (tertiary/aromatic N) is 1. The van der Waals surface area contributed by atoms with Crippen molar-refractivity contribution in [3.8, 4) is 0 Å². The topological polar surface area (TPSA) is 49.4 Å². The molecular weight excluding hydrogens is 280 g/mol. The monoisotopic (exact) mass is 302 g/mol. The van der Waals surface area contributed by atoms with Gasteiger partial charge in [0.1, 0.15) is 4.21 Å². The standard InChI is InChI=1S/C13H22N2O2S2/c16-19(17,13-7-6-12-18-13)14-8-2-5-11-15-9-3-1-4-10-15/h6-7,12,14H,1-5,8-11H2. The third-order valence-electron chi connectivity index (χ3n) is 3.40. The van der Waals surface area contributed by atoms with E-state index in [4.69, 9.17) is 0 Å². The van der Waals surface area contributed by atoms with E-state index in [0.29, 0.717) is 10.8 Å². The summed E-state index contributed by atoms with van der Waals surface area (Å²) < 4.78 is 26.8. The molecule has 0 amide bonds. The predicted octanol–water partition coefficient (Wildman–Crippen LogP) is 2.29. The number of sulfonamides is 1. The predicted molar refractivity (Wildman–Crippen MR) is 79.0 cm³/mol. The van der Waals surface area contributed by atoms with Crippen molar-refractivity contribution in [3.63, 3.8) is 0 Å². The lowest BCUT2D eigenvalue weighted by atomic mass is 10.1. The van der Waals surface area contributed by atoms with Gasteiger partial charge >= 0.3 is 0 Å². The summed E-state index contributed by atoms with van der Waals surface area (Å²) in [5.74, 6) is 0. The third-order valence-corrected chi connectivity index (χ3v) is 6.26. The molecule has 1 fully saturated rings. The van der Waals surface area contributed by atoms with Crippen LogP contribution in [-0.2, 0) is 10.0 Å². The van der Waals surface area contributed by atoms with Crippen molar-refractivity contribution in [2.75, 3.05) is 26.2 Å². The van der Waals surface area contributed by atoms with Gasteiger partial charge in [0.05, 0.1) is 0 Å². The van der Waals surface area contributed by atoms with Crippen LogP contribution in [0.25, 0.3) is 0 Å². The Morgan fingerprint density at radius 3 is 2.68 bits per heavy atom. The summed E-state index contributed by atoms with van der Waals surface area (Å²) in [5.41, 5.74) is 0. The van der Waals surface area contributed by atoms with Crippen LogP contribution in [0.4, 0.5) is 0 Å². The molecule has 0 saturated carbocycles. The Hall–Kier alpha value is -0.430. The van der Waals surface area contributed by atoms with Gasteiger partial charge < -0.3 is 4.90 Å². The molecule has 0 spiro atoms. The van der Waals surface area contributed by atoms with Crippen LogP contribution >= 0.6 is 11.3 Å². The van der Waals surface area contributed by atoms with Crippen LogP contribution in [-0.4, -0.2) is 39.5 Å². The number of rotatable bonds is 7. The van der Waals surface area contributed by atoms with Crippen LogP contribution < -0.4 is 4.72 Å². The fourth-order valence-corrected chi connectivity index (χ4v) is 4.45. The normalized spacial score (nSPS) is 17.7. The minimum atomic E-state index is -3.27. The van der Waals surface area contributed by atoms with Gasteiger partial charge in [-0.1, -0.05) is 12.5 Å². The van der Waals surface area contributed by atoms with E-state index in [9.17, 15) is 8.42 Å². The fraction of sp³-hybridized carbons (Fsp3) is 0.692. The summed E-state index contributed by atoms with van der Waals surface area (Å²) in [4.78, 5) is 2.48. The molecule has 1 aliphatic rings. The zero-order valence-electron chi connectivity index (χ0n) is 11.2. The van der Waals surface area contributed by atoms with Gasteiger partial charge in [-0.3, -0.25) is 0 Å². The molecule has 0 bridgehead atoms. The summed E-state index contributed by atoms with van der Waals surface area (Å²) in [6, 6.07) is 3.40. The molecule has 1 N–H and O–H groups in total. The SMILES string of the molecule is O=S(=O)(NCCCCN1CCCCC1)c1cccs1. The lowest BCUT2D eigenvalue weighted by molar-refractivity contribution is 0.225. The molecule has 0 atom stereocenters. The zero-order valence-corrected chi connectivity index (χ0v) is 12.8. The van der Waals surface area contributed by atoms with Crippen molar-refractivity contribution in [1.29, 1.82) is 0 Å². The van der Waals surface area contributed by atoms with Crippen LogP contribution in [0, 0.1) is 0 Å². The minimum absolute atomic E-state index is 0.406. The van der Waals surface area contributed by atoms with Gasteiger partial charge in [-0.2, -0.15) is 0 Å². The van der Waals surface area contributed by atoms with Crippen molar-refractivity contribution in [2.24, 2.45) is 0 Å². The summed E-state index contributed by atoms with van der Waals surface area (Å²) in [7, 11) is -3.27.